The van der Waals surface area contributed by atoms with E-state index in [0.29, 0.717) is 21.6 Å². The number of carbonyl (C=O) groups is 1. The van der Waals surface area contributed by atoms with Crippen molar-refractivity contribution in [1.29, 1.82) is 0 Å². The van der Waals surface area contributed by atoms with Crippen LogP contribution in [0.4, 0.5) is 0 Å². The Bertz CT molecular complexity index is 977. The fourth-order valence-electron chi connectivity index (χ4n) is 2.84. The number of carbonyl (C=O) groups excluding carboxylic acids is 1. The third kappa shape index (κ3) is 2.69. The highest BCUT2D eigenvalue weighted by Crippen LogP contribution is 2.27. The van der Waals surface area contributed by atoms with Gasteiger partial charge in [0.2, 0.25) is 5.43 Å². The number of hydrogen-bond donors (Lipinski definition) is 0. The molecule has 5 heteroatoms. The van der Waals surface area contributed by atoms with E-state index in [1.54, 1.807) is 25.1 Å². The fraction of sp³-hybridized carbons (Fsp3) is 0.158. The predicted octanol–water partition coefficient (Wildman–Crippen LogP) is 4.04. The molecule has 0 bridgehead atoms. The summed E-state index contributed by atoms with van der Waals surface area (Å²) in [6.07, 6.45) is 0. The van der Waals surface area contributed by atoms with Crippen molar-refractivity contribution in [3.8, 4) is 11.3 Å². The number of ether oxygens (including phenoxy) is 1. The number of rotatable bonds is 3. The third-order valence-corrected chi connectivity index (χ3v) is 4.13. The molecular formula is C19H16ClNO3. The molecule has 0 aliphatic carbocycles. The summed E-state index contributed by atoms with van der Waals surface area (Å²) in [7, 11) is 1.82. The van der Waals surface area contributed by atoms with Crippen molar-refractivity contribution in [3.05, 3.63) is 69.3 Å². The molecule has 1 heterocycles. The maximum atomic E-state index is 13.0. The molecule has 122 valence electrons. The molecule has 0 unspecified atom stereocenters. The van der Waals surface area contributed by atoms with Gasteiger partial charge in [-0.05, 0) is 30.7 Å². The highest BCUT2D eigenvalue weighted by molar-refractivity contribution is 6.31. The smallest absolute Gasteiger partial charge is 0.344 e. The summed E-state index contributed by atoms with van der Waals surface area (Å²) < 4.78 is 6.95. The number of nitrogens with zero attached hydrogens (tertiary/aromatic N) is 1. The molecule has 0 saturated heterocycles. The van der Waals surface area contributed by atoms with Crippen LogP contribution in [0.15, 0.2) is 53.3 Å². The van der Waals surface area contributed by atoms with Crippen molar-refractivity contribution in [2.24, 2.45) is 7.05 Å². The molecule has 24 heavy (non-hydrogen) atoms. The van der Waals surface area contributed by atoms with Crippen LogP contribution in [0, 0.1) is 0 Å². The molecule has 0 aliphatic rings. The molecule has 0 aliphatic heterocycles. The largest absolute Gasteiger partial charge is 0.462 e. The number of fused-ring (bicyclic) bond motifs is 1. The van der Waals surface area contributed by atoms with Crippen LogP contribution in [0.2, 0.25) is 5.02 Å². The summed E-state index contributed by atoms with van der Waals surface area (Å²) in [5, 5.41) is 0.842. The number of aromatic nitrogens is 1. The second kappa shape index (κ2) is 6.49. The summed E-state index contributed by atoms with van der Waals surface area (Å²) in [6, 6.07) is 14.4. The Labute approximate surface area is 144 Å². The minimum Gasteiger partial charge on any atom is -0.462 e. The minimum absolute atomic E-state index is 0.0281. The van der Waals surface area contributed by atoms with Gasteiger partial charge in [-0.15, -0.1) is 0 Å². The van der Waals surface area contributed by atoms with Crippen LogP contribution in [-0.4, -0.2) is 17.1 Å². The van der Waals surface area contributed by atoms with E-state index in [1.807, 2.05) is 41.9 Å². The molecular weight excluding hydrogens is 326 g/mol. The summed E-state index contributed by atoms with van der Waals surface area (Å²) >= 11 is 6.03. The summed E-state index contributed by atoms with van der Waals surface area (Å²) in [5.41, 5.74) is 1.67. The Kier molecular flexibility index (Phi) is 4.40. The van der Waals surface area contributed by atoms with Crippen LogP contribution >= 0.6 is 11.6 Å². The van der Waals surface area contributed by atoms with Crippen LogP contribution in [0.5, 0.6) is 0 Å². The zero-order chi connectivity index (χ0) is 17.3. The molecule has 0 amide bonds. The normalized spacial score (nSPS) is 10.8. The number of hydrogen-bond acceptors (Lipinski definition) is 3. The summed E-state index contributed by atoms with van der Waals surface area (Å²) in [5.74, 6) is -0.626. The van der Waals surface area contributed by atoms with Gasteiger partial charge in [0.1, 0.15) is 5.56 Å². The lowest BCUT2D eigenvalue weighted by atomic mass is 10.0. The fourth-order valence-corrected chi connectivity index (χ4v) is 3.01. The van der Waals surface area contributed by atoms with Crippen LogP contribution in [0.25, 0.3) is 22.2 Å². The maximum Gasteiger partial charge on any atom is 0.344 e. The average molecular weight is 342 g/mol. The van der Waals surface area contributed by atoms with Crippen LogP contribution < -0.4 is 5.43 Å². The highest BCUT2D eigenvalue weighted by atomic mass is 35.5. The Morgan fingerprint density at radius 3 is 2.54 bits per heavy atom. The van der Waals surface area contributed by atoms with Gasteiger partial charge in [0.05, 0.1) is 17.8 Å². The predicted molar refractivity (Wildman–Crippen MR) is 95.6 cm³/mol. The summed E-state index contributed by atoms with van der Waals surface area (Å²) in [4.78, 5) is 25.4. The zero-order valence-electron chi connectivity index (χ0n) is 13.4. The monoisotopic (exact) mass is 341 g/mol. The molecule has 3 rings (SSSR count). The maximum absolute atomic E-state index is 13.0. The van der Waals surface area contributed by atoms with E-state index in [-0.39, 0.29) is 17.6 Å². The molecule has 2 aromatic carbocycles. The molecule has 4 nitrogen and oxygen atoms in total. The first-order chi connectivity index (χ1) is 11.5. The van der Waals surface area contributed by atoms with Gasteiger partial charge in [0.15, 0.2) is 0 Å². The van der Waals surface area contributed by atoms with E-state index < -0.39 is 5.97 Å². The standard InChI is InChI=1S/C19H16ClNO3/c1-3-24-19(23)16-17(12-7-5-4-6-8-12)21(2)15-10-9-13(20)11-14(15)18(16)22/h4-11H,3H2,1-2H3. The first kappa shape index (κ1) is 16.3. The van der Waals surface area contributed by atoms with Crippen LogP contribution in [-0.2, 0) is 11.8 Å². The van der Waals surface area contributed by atoms with E-state index >= 15 is 0 Å². The molecule has 1 aromatic heterocycles. The van der Waals surface area contributed by atoms with E-state index in [4.69, 9.17) is 16.3 Å². The molecule has 3 aromatic rings. The van der Waals surface area contributed by atoms with Crippen molar-refractivity contribution < 1.29 is 9.53 Å². The van der Waals surface area contributed by atoms with Crippen molar-refractivity contribution >= 4 is 28.5 Å². The van der Waals surface area contributed by atoms with Gasteiger partial charge in [0, 0.05) is 17.5 Å². The lowest BCUT2D eigenvalue weighted by Crippen LogP contribution is -2.23. The number of pyridine rings is 1. The van der Waals surface area contributed by atoms with Crippen molar-refractivity contribution in [2.75, 3.05) is 6.61 Å². The average Bonchev–Trinajstić information content (AvgIpc) is 2.58. The lowest BCUT2D eigenvalue weighted by Gasteiger charge is -2.17. The van der Waals surface area contributed by atoms with Gasteiger partial charge in [0.25, 0.3) is 0 Å². The second-order valence-electron chi connectivity index (χ2n) is 5.36. The van der Waals surface area contributed by atoms with E-state index in [0.717, 1.165) is 5.56 Å². The van der Waals surface area contributed by atoms with Gasteiger partial charge >= 0.3 is 5.97 Å². The van der Waals surface area contributed by atoms with E-state index in [1.165, 1.54) is 0 Å². The molecule has 0 spiro atoms. The van der Waals surface area contributed by atoms with Crippen molar-refractivity contribution in [3.63, 3.8) is 0 Å². The minimum atomic E-state index is -0.626. The SMILES string of the molecule is CCOC(=O)c1c(-c2ccccc2)n(C)c2ccc(Cl)cc2c1=O. The second-order valence-corrected chi connectivity index (χ2v) is 5.80. The van der Waals surface area contributed by atoms with Gasteiger partial charge in [-0.1, -0.05) is 41.9 Å². The molecule has 0 radical (unpaired) electrons. The molecule has 0 N–H and O–H groups in total. The summed E-state index contributed by atoms with van der Waals surface area (Å²) in [6.45, 7) is 1.91. The Balaban J connectivity index is 2.46. The first-order valence-corrected chi connectivity index (χ1v) is 7.97. The van der Waals surface area contributed by atoms with Gasteiger partial charge < -0.3 is 9.30 Å². The Morgan fingerprint density at radius 2 is 1.88 bits per heavy atom. The lowest BCUT2D eigenvalue weighted by molar-refractivity contribution is 0.0525. The number of halogens is 1. The topological polar surface area (TPSA) is 48.3 Å². The number of benzene rings is 2. The first-order valence-electron chi connectivity index (χ1n) is 7.59. The van der Waals surface area contributed by atoms with Crippen molar-refractivity contribution in [2.45, 2.75) is 6.92 Å². The molecule has 0 fully saturated rings. The molecule has 0 atom stereocenters. The molecule has 0 saturated carbocycles. The number of aryl methyl sites for hydroxylation is 1. The van der Waals surface area contributed by atoms with Crippen molar-refractivity contribution in [1.82, 2.24) is 4.57 Å². The van der Waals surface area contributed by atoms with Gasteiger partial charge in [-0.2, -0.15) is 0 Å². The van der Waals surface area contributed by atoms with Crippen LogP contribution in [0.1, 0.15) is 17.3 Å². The van der Waals surface area contributed by atoms with E-state index in [2.05, 4.69) is 0 Å². The number of esters is 1. The van der Waals surface area contributed by atoms with Crippen LogP contribution in [0.3, 0.4) is 0 Å². The highest BCUT2D eigenvalue weighted by Gasteiger charge is 2.23. The Morgan fingerprint density at radius 1 is 1.17 bits per heavy atom. The van der Waals surface area contributed by atoms with E-state index in [9.17, 15) is 9.59 Å². The zero-order valence-corrected chi connectivity index (χ0v) is 14.1. The Hall–Kier alpha value is -2.59. The quantitative estimate of drug-likeness (QED) is 0.676. The third-order valence-electron chi connectivity index (χ3n) is 3.89. The van der Waals surface area contributed by atoms with Gasteiger partial charge in [-0.3, -0.25) is 4.79 Å². The van der Waals surface area contributed by atoms with Gasteiger partial charge in [-0.25, -0.2) is 4.79 Å².